The molecule has 0 fully saturated rings. The summed E-state index contributed by atoms with van der Waals surface area (Å²) in [4.78, 5) is 23.5. The number of hydrogen-bond donors (Lipinski definition) is 0. The van der Waals surface area contributed by atoms with E-state index in [4.69, 9.17) is 4.42 Å². The van der Waals surface area contributed by atoms with Gasteiger partial charge in [0.15, 0.2) is 0 Å². The molecule has 0 aliphatic carbocycles. The maximum absolute atomic E-state index is 12.4. The molecule has 1 heterocycles. The minimum atomic E-state index is -0.0535. The van der Waals surface area contributed by atoms with Gasteiger partial charge in [0.1, 0.15) is 16.9 Å². The Morgan fingerprint density at radius 2 is 1.79 bits per heavy atom. The second-order valence-electron chi connectivity index (χ2n) is 4.64. The fourth-order valence-electron chi connectivity index (χ4n) is 2.25. The van der Waals surface area contributed by atoms with Gasteiger partial charge >= 0.3 is 0 Å². The summed E-state index contributed by atoms with van der Waals surface area (Å²) in [5.41, 5.74) is 1.92. The van der Waals surface area contributed by atoms with Crippen molar-refractivity contribution in [3.63, 3.8) is 0 Å². The fourth-order valence-corrected chi connectivity index (χ4v) is 2.25. The Morgan fingerprint density at radius 3 is 2.58 bits per heavy atom. The zero-order valence-corrected chi connectivity index (χ0v) is 10.5. The first-order valence-electron chi connectivity index (χ1n) is 6.09. The number of hydrogen-bond acceptors (Lipinski definition) is 3. The molecule has 0 N–H and O–H groups in total. The van der Waals surface area contributed by atoms with Crippen LogP contribution in [0.25, 0.3) is 21.9 Å². The van der Waals surface area contributed by atoms with E-state index in [0.29, 0.717) is 28.4 Å². The Labute approximate surface area is 109 Å². The SMILES string of the molecule is CC(=O)Cc1ccc2oc3ccccc3c(=O)c2c1. The quantitative estimate of drug-likeness (QED) is 0.658. The van der Waals surface area contributed by atoms with Crippen LogP contribution in [-0.2, 0) is 11.2 Å². The number of benzene rings is 2. The highest BCUT2D eigenvalue weighted by Crippen LogP contribution is 2.19. The van der Waals surface area contributed by atoms with Gasteiger partial charge in [-0.3, -0.25) is 9.59 Å². The molecule has 1 aromatic heterocycles. The van der Waals surface area contributed by atoms with Crippen molar-refractivity contribution < 1.29 is 9.21 Å². The second-order valence-corrected chi connectivity index (χ2v) is 4.64. The number of fused-ring (bicyclic) bond motifs is 2. The standard InChI is InChI=1S/C16H12O3/c1-10(17)8-11-6-7-15-13(9-11)16(18)12-4-2-3-5-14(12)19-15/h2-7,9H,8H2,1H3. The average Bonchev–Trinajstić information content (AvgIpc) is 2.39. The predicted octanol–water partition coefficient (Wildman–Crippen LogP) is 3.08. The van der Waals surface area contributed by atoms with Crippen LogP contribution in [0.3, 0.4) is 0 Å². The fraction of sp³-hybridized carbons (Fsp3) is 0.125. The predicted molar refractivity (Wildman–Crippen MR) is 74.4 cm³/mol. The van der Waals surface area contributed by atoms with Crippen LogP contribution in [0.5, 0.6) is 0 Å². The first kappa shape index (κ1) is 11.7. The van der Waals surface area contributed by atoms with E-state index >= 15 is 0 Å². The molecule has 3 heteroatoms. The Bertz CT molecular complexity index is 843. The summed E-state index contributed by atoms with van der Waals surface area (Å²) in [6.45, 7) is 1.53. The van der Waals surface area contributed by atoms with Crippen LogP contribution in [-0.4, -0.2) is 5.78 Å². The van der Waals surface area contributed by atoms with E-state index in [1.165, 1.54) is 6.92 Å². The average molecular weight is 252 g/mol. The van der Waals surface area contributed by atoms with Crippen molar-refractivity contribution in [1.82, 2.24) is 0 Å². The van der Waals surface area contributed by atoms with Gasteiger partial charge in [0.05, 0.1) is 10.8 Å². The van der Waals surface area contributed by atoms with Gasteiger partial charge in [-0.1, -0.05) is 18.2 Å². The minimum absolute atomic E-state index is 0.0535. The van der Waals surface area contributed by atoms with E-state index < -0.39 is 0 Å². The topological polar surface area (TPSA) is 47.3 Å². The third-order valence-corrected chi connectivity index (χ3v) is 3.09. The summed E-state index contributed by atoms with van der Waals surface area (Å²) in [6.07, 6.45) is 0.336. The van der Waals surface area contributed by atoms with Crippen LogP contribution in [0.4, 0.5) is 0 Å². The van der Waals surface area contributed by atoms with Gasteiger partial charge in [-0.05, 0) is 36.8 Å². The van der Waals surface area contributed by atoms with Crippen molar-refractivity contribution in [2.24, 2.45) is 0 Å². The zero-order chi connectivity index (χ0) is 13.4. The molecule has 0 aliphatic heterocycles. The van der Waals surface area contributed by atoms with Crippen molar-refractivity contribution >= 4 is 27.7 Å². The van der Waals surface area contributed by atoms with Gasteiger partial charge in [0, 0.05) is 6.42 Å². The molecular formula is C16H12O3. The highest BCUT2D eigenvalue weighted by atomic mass is 16.3. The summed E-state index contributed by atoms with van der Waals surface area (Å²) in [5, 5.41) is 1.09. The largest absolute Gasteiger partial charge is 0.456 e. The Balaban J connectivity index is 2.33. The first-order chi connectivity index (χ1) is 9.15. The molecule has 3 aromatic rings. The van der Waals surface area contributed by atoms with Crippen LogP contribution in [0.2, 0.25) is 0 Å². The summed E-state index contributed by atoms with van der Waals surface area (Å²) in [5.74, 6) is 0.0736. The van der Waals surface area contributed by atoms with Crippen molar-refractivity contribution in [1.29, 1.82) is 0 Å². The summed E-state index contributed by atoms with van der Waals surface area (Å²) in [6, 6.07) is 12.5. The lowest BCUT2D eigenvalue weighted by Crippen LogP contribution is -2.03. The first-order valence-corrected chi connectivity index (χ1v) is 6.09. The highest BCUT2D eigenvalue weighted by molar-refractivity contribution is 5.90. The lowest BCUT2D eigenvalue weighted by molar-refractivity contribution is -0.116. The molecule has 0 atom stereocenters. The molecule has 0 amide bonds. The number of para-hydroxylation sites is 1. The van der Waals surface area contributed by atoms with Crippen LogP contribution in [0, 0.1) is 0 Å². The summed E-state index contributed by atoms with van der Waals surface area (Å²) in [7, 11) is 0. The molecule has 0 unspecified atom stereocenters. The maximum atomic E-state index is 12.4. The van der Waals surface area contributed by atoms with E-state index in [2.05, 4.69) is 0 Å². The zero-order valence-electron chi connectivity index (χ0n) is 10.5. The molecule has 0 aliphatic rings. The van der Waals surface area contributed by atoms with Crippen molar-refractivity contribution in [2.45, 2.75) is 13.3 Å². The Morgan fingerprint density at radius 1 is 1.05 bits per heavy atom. The second kappa shape index (κ2) is 4.35. The molecular weight excluding hydrogens is 240 g/mol. The molecule has 0 spiro atoms. The minimum Gasteiger partial charge on any atom is -0.456 e. The van der Waals surface area contributed by atoms with E-state index in [9.17, 15) is 9.59 Å². The normalized spacial score (nSPS) is 11.0. The van der Waals surface area contributed by atoms with Gasteiger partial charge in [-0.15, -0.1) is 0 Å². The summed E-state index contributed by atoms with van der Waals surface area (Å²) >= 11 is 0. The third-order valence-electron chi connectivity index (χ3n) is 3.09. The van der Waals surface area contributed by atoms with Crippen molar-refractivity contribution in [2.75, 3.05) is 0 Å². The lowest BCUT2D eigenvalue weighted by atomic mass is 10.1. The van der Waals surface area contributed by atoms with Crippen LogP contribution in [0.1, 0.15) is 12.5 Å². The van der Waals surface area contributed by atoms with Gasteiger partial charge < -0.3 is 4.42 Å². The van der Waals surface area contributed by atoms with Crippen molar-refractivity contribution in [3.8, 4) is 0 Å². The van der Waals surface area contributed by atoms with E-state index in [1.807, 2.05) is 18.2 Å². The molecule has 94 valence electrons. The summed E-state index contributed by atoms with van der Waals surface area (Å²) < 4.78 is 5.70. The monoisotopic (exact) mass is 252 g/mol. The molecule has 19 heavy (non-hydrogen) atoms. The molecule has 3 rings (SSSR count). The van der Waals surface area contributed by atoms with Gasteiger partial charge in [-0.25, -0.2) is 0 Å². The number of Topliss-reactive ketones (excluding diaryl/α,β-unsaturated/α-hetero) is 1. The van der Waals surface area contributed by atoms with E-state index in [-0.39, 0.29) is 11.2 Å². The molecule has 2 aromatic carbocycles. The van der Waals surface area contributed by atoms with Crippen LogP contribution >= 0.6 is 0 Å². The Kier molecular flexibility index (Phi) is 2.67. The third kappa shape index (κ3) is 2.03. The number of ketones is 1. The number of carbonyl (C=O) groups excluding carboxylic acids is 1. The smallest absolute Gasteiger partial charge is 0.200 e. The molecule has 0 bridgehead atoms. The van der Waals surface area contributed by atoms with Gasteiger partial charge in [-0.2, -0.15) is 0 Å². The highest BCUT2D eigenvalue weighted by Gasteiger charge is 2.08. The lowest BCUT2D eigenvalue weighted by Gasteiger charge is -2.03. The van der Waals surface area contributed by atoms with Crippen LogP contribution in [0.15, 0.2) is 51.7 Å². The molecule has 3 nitrogen and oxygen atoms in total. The molecule has 0 radical (unpaired) electrons. The van der Waals surface area contributed by atoms with Crippen LogP contribution < -0.4 is 5.43 Å². The number of carbonyl (C=O) groups is 1. The van der Waals surface area contributed by atoms with Gasteiger partial charge in [0.2, 0.25) is 5.43 Å². The van der Waals surface area contributed by atoms with Crippen molar-refractivity contribution in [3.05, 3.63) is 58.3 Å². The molecule has 0 saturated carbocycles. The number of rotatable bonds is 2. The van der Waals surface area contributed by atoms with Gasteiger partial charge in [0.25, 0.3) is 0 Å². The van der Waals surface area contributed by atoms with E-state index in [0.717, 1.165) is 5.56 Å². The molecule has 0 saturated heterocycles. The Hall–Kier alpha value is -2.42. The van der Waals surface area contributed by atoms with E-state index in [1.54, 1.807) is 24.3 Å². The maximum Gasteiger partial charge on any atom is 0.200 e.